The van der Waals surface area contributed by atoms with Gasteiger partial charge in [0.25, 0.3) is 0 Å². The molecule has 0 radical (unpaired) electrons. The Morgan fingerprint density at radius 2 is 2.29 bits per heavy atom. The minimum Gasteiger partial charge on any atom is -0.358 e. The van der Waals surface area contributed by atoms with Crippen LogP contribution in [0.1, 0.15) is 30.2 Å². The number of nitrogens with one attached hydrogen (secondary N) is 2. The number of fused-ring (bicyclic) bond motifs is 3. The zero-order valence-corrected chi connectivity index (χ0v) is 10.6. The highest BCUT2D eigenvalue weighted by molar-refractivity contribution is 5.87. The molecule has 0 bridgehead atoms. The third-order valence-electron chi connectivity index (χ3n) is 3.92. The molecule has 2 aromatic rings. The van der Waals surface area contributed by atoms with Crippen molar-refractivity contribution in [1.82, 2.24) is 10.3 Å². The van der Waals surface area contributed by atoms with Gasteiger partial charge in [-0.1, -0.05) is 25.1 Å². The Bertz CT molecular complexity index is 539. The molecule has 17 heavy (non-hydrogen) atoms. The minimum absolute atomic E-state index is 0.659. The van der Waals surface area contributed by atoms with Gasteiger partial charge >= 0.3 is 0 Å². The van der Waals surface area contributed by atoms with Gasteiger partial charge in [0.15, 0.2) is 0 Å². The Morgan fingerprint density at radius 1 is 1.41 bits per heavy atom. The Labute approximate surface area is 102 Å². The molecular formula is C15H20N2. The zero-order chi connectivity index (χ0) is 11.8. The van der Waals surface area contributed by atoms with Crippen LogP contribution in [-0.4, -0.2) is 17.6 Å². The third kappa shape index (κ3) is 1.77. The summed E-state index contributed by atoms with van der Waals surface area (Å²) in [7, 11) is 0. The fourth-order valence-electron chi connectivity index (χ4n) is 3.05. The zero-order valence-electron chi connectivity index (χ0n) is 10.6. The second-order valence-electron chi connectivity index (χ2n) is 5.08. The SMILES string of the molecule is CCNC1CCc2[nH]c3c(C)cccc3c2C1. The fraction of sp³-hybridized carbons (Fsp3) is 0.467. The molecule has 2 nitrogen and oxygen atoms in total. The average Bonchev–Trinajstić information content (AvgIpc) is 2.70. The second kappa shape index (κ2) is 4.19. The molecule has 1 aliphatic carbocycles. The maximum Gasteiger partial charge on any atom is 0.0488 e. The van der Waals surface area contributed by atoms with Gasteiger partial charge in [-0.05, 0) is 43.9 Å². The van der Waals surface area contributed by atoms with E-state index in [2.05, 4.69) is 42.3 Å². The van der Waals surface area contributed by atoms with Crippen molar-refractivity contribution in [3.63, 3.8) is 0 Å². The number of likely N-dealkylation sites (N-methyl/N-ethyl adjacent to an activating group) is 1. The molecule has 1 aliphatic rings. The number of aryl methyl sites for hydroxylation is 2. The molecule has 1 unspecified atom stereocenters. The van der Waals surface area contributed by atoms with Crippen molar-refractivity contribution in [1.29, 1.82) is 0 Å². The summed E-state index contributed by atoms with van der Waals surface area (Å²) in [5.41, 5.74) is 5.70. The molecule has 2 heteroatoms. The van der Waals surface area contributed by atoms with E-state index >= 15 is 0 Å². The van der Waals surface area contributed by atoms with Crippen molar-refractivity contribution in [2.45, 2.75) is 39.2 Å². The van der Waals surface area contributed by atoms with Gasteiger partial charge in [0.05, 0.1) is 0 Å². The summed E-state index contributed by atoms with van der Waals surface area (Å²) in [6, 6.07) is 7.27. The first-order valence-corrected chi connectivity index (χ1v) is 6.62. The molecule has 0 fully saturated rings. The highest BCUT2D eigenvalue weighted by Gasteiger charge is 2.21. The Hall–Kier alpha value is -1.28. The highest BCUT2D eigenvalue weighted by atomic mass is 14.9. The van der Waals surface area contributed by atoms with E-state index in [1.54, 1.807) is 5.56 Å². The fourth-order valence-corrected chi connectivity index (χ4v) is 3.05. The van der Waals surface area contributed by atoms with Crippen molar-refractivity contribution < 1.29 is 0 Å². The summed E-state index contributed by atoms with van der Waals surface area (Å²) in [5, 5.41) is 5.01. The first-order valence-electron chi connectivity index (χ1n) is 6.62. The predicted molar refractivity (Wildman–Crippen MR) is 72.5 cm³/mol. The molecule has 0 amide bonds. The van der Waals surface area contributed by atoms with E-state index in [1.807, 2.05) is 0 Å². The van der Waals surface area contributed by atoms with Gasteiger partial charge in [-0.25, -0.2) is 0 Å². The monoisotopic (exact) mass is 228 g/mol. The van der Waals surface area contributed by atoms with Crippen LogP contribution in [0.2, 0.25) is 0 Å². The van der Waals surface area contributed by atoms with Crippen LogP contribution in [0.25, 0.3) is 10.9 Å². The largest absolute Gasteiger partial charge is 0.358 e. The van der Waals surface area contributed by atoms with Crippen LogP contribution in [0.15, 0.2) is 18.2 Å². The van der Waals surface area contributed by atoms with Gasteiger partial charge in [0, 0.05) is 22.6 Å². The molecule has 3 rings (SSSR count). The van der Waals surface area contributed by atoms with E-state index in [0.29, 0.717) is 6.04 Å². The van der Waals surface area contributed by atoms with Crippen LogP contribution < -0.4 is 5.32 Å². The van der Waals surface area contributed by atoms with Crippen molar-refractivity contribution >= 4 is 10.9 Å². The standard InChI is InChI=1S/C15H20N2/c1-3-16-11-7-8-14-13(9-11)12-6-4-5-10(2)15(12)17-14/h4-6,11,16-17H,3,7-9H2,1-2H3. The summed E-state index contributed by atoms with van der Waals surface area (Å²) in [5.74, 6) is 0. The van der Waals surface area contributed by atoms with Gasteiger partial charge < -0.3 is 10.3 Å². The van der Waals surface area contributed by atoms with E-state index in [0.717, 1.165) is 6.54 Å². The lowest BCUT2D eigenvalue weighted by molar-refractivity contribution is 0.470. The van der Waals surface area contributed by atoms with Crippen LogP contribution >= 0.6 is 0 Å². The lowest BCUT2D eigenvalue weighted by Gasteiger charge is -2.23. The van der Waals surface area contributed by atoms with E-state index in [9.17, 15) is 0 Å². The molecule has 1 atom stereocenters. The van der Waals surface area contributed by atoms with Crippen LogP contribution in [0, 0.1) is 6.92 Å². The first kappa shape index (κ1) is 10.8. The molecule has 1 heterocycles. The summed E-state index contributed by atoms with van der Waals surface area (Å²) in [4.78, 5) is 3.62. The number of benzene rings is 1. The van der Waals surface area contributed by atoms with Crippen LogP contribution in [0.3, 0.4) is 0 Å². The Balaban J connectivity index is 2.06. The van der Waals surface area contributed by atoms with Gasteiger partial charge in [-0.15, -0.1) is 0 Å². The second-order valence-corrected chi connectivity index (χ2v) is 5.08. The number of rotatable bonds is 2. The van der Waals surface area contributed by atoms with Crippen molar-refractivity contribution in [3.8, 4) is 0 Å². The molecule has 0 saturated carbocycles. The van der Waals surface area contributed by atoms with E-state index in [4.69, 9.17) is 0 Å². The van der Waals surface area contributed by atoms with Gasteiger partial charge in [0.1, 0.15) is 0 Å². The van der Waals surface area contributed by atoms with E-state index in [1.165, 1.54) is 41.4 Å². The minimum atomic E-state index is 0.659. The van der Waals surface area contributed by atoms with E-state index in [-0.39, 0.29) is 0 Å². The highest BCUT2D eigenvalue weighted by Crippen LogP contribution is 2.30. The molecular weight excluding hydrogens is 208 g/mol. The summed E-state index contributed by atoms with van der Waals surface area (Å²) in [6.45, 7) is 5.45. The van der Waals surface area contributed by atoms with Crippen LogP contribution in [0.5, 0.6) is 0 Å². The topological polar surface area (TPSA) is 27.8 Å². The Kier molecular flexibility index (Phi) is 2.67. The maximum atomic E-state index is 3.62. The predicted octanol–water partition coefficient (Wildman–Crippen LogP) is 2.94. The molecule has 90 valence electrons. The third-order valence-corrected chi connectivity index (χ3v) is 3.92. The average molecular weight is 228 g/mol. The normalized spacial score (nSPS) is 19.5. The Morgan fingerprint density at radius 3 is 3.12 bits per heavy atom. The molecule has 0 saturated heterocycles. The molecule has 2 N–H and O–H groups in total. The smallest absolute Gasteiger partial charge is 0.0488 e. The lowest BCUT2D eigenvalue weighted by atomic mass is 9.91. The van der Waals surface area contributed by atoms with Gasteiger partial charge in [0.2, 0.25) is 0 Å². The number of H-pyrrole nitrogens is 1. The summed E-state index contributed by atoms with van der Waals surface area (Å²) >= 11 is 0. The number of para-hydroxylation sites is 1. The molecule has 1 aromatic heterocycles. The first-order chi connectivity index (χ1) is 8.29. The van der Waals surface area contributed by atoms with E-state index < -0.39 is 0 Å². The lowest BCUT2D eigenvalue weighted by Crippen LogP contribution is -2.34. The van der Waals surface area contributed by atoms with Crippen LogP contribution in [-0.2, 0) is 12.8 Å². The van der Waals surface area contributed by atoms with Gasteiger partial charge in [-0.3, -0.25) is 0 Å². The molecule has 0 aliphatic heterocycles. The van der Waals surface area contributed by atoms with Crippen molar-refractivity contribution in [2.75, 3.05) is 6.54 Å². The number of aromatic amines is 1. The molecule has 1 aromatic carbocycles. The van der Waals surface area contributed by atoms with Crippen molar-refractivity contribution in [2.24, 2.45) is 0 Å². The molecule has 0 spiro atoms. The van der Waals surface area contributed by atoms with Crippen molar-refractivity contribution in [3.05, 3.63) is 35.0 Å². The number of hydrogen-bond donors (Lipinski definition) is 2. The summed E-state index contributed by atoms with van der Waals surface area (Å²) < 4.78 is 0. The quantitative estimate of drug-likeness (QED) is 0.812. The number of aromatic nitrogens is 1. The summed E-state index contributed by atoms with van der Waals surface area (Å²) in [6.07, 6.45) is 3.61. The maximum absolute atomic E-state index is 3.62. The number of hydrogen-bond acceptors (Lipinski definition) is 1. The van der Waals surface area contributed by atoms with Gasteiger partial charge in [-0.2, -0.15) is 0 Å². The van der Waals surface area contributed by atoms with Crippen LogP contribution in [0.4, 0.5) is 0 Å².